The molecule has 0 aromatic heterocycles. The van der Waals surface area contributed by atoms with E-state index in [1.54, 1.807) is 0 Å². The predicted molar refractivity (Wildman–Crippen MR) is 135 cm³/mol. The maximum Gasteiger partial charge on any atom is 0.0620 e. The van der Waals surface area contributed by atoms with Crippen molar-refractivity contribution in [1.82, 2.24) is 29.4 Å². The van der Waals surface area contributed by atoms with E-state index in [1.165, 1.54) is 52.1 Å². The van der Waals surface area contributed by atoms with Gasteiger partial charge in [-0.1, -0.05) is 0 Å². The molecule has 0 N–H and O–H groups in total. The van der Waals surface area contributed by atoms with Crippen LogP contribution in [0.5, 0.6) is 0 Å². The third-order valence-corrected chi connectivity index (χ3v) is 9.99. The van der Waals surface area contributed by atoms with Crippen molar-refractivity contribution in [2.45, 2.75) is 81.7 Å². The van der Waals surface area contributed by atoms with Gasteiger partial charge in [-0.2, -0.15) is 0 Å². The number of rotatable bonds is 5. The summed E-state index contributed by atoms with van der Waals surface area (Å²) >= 11 is 0. The summed E-state index contributed by atoms with van der Waals surface area (Å²) in [6, 6.07) is 1.32. The van der Waals surface area contributed by atoms with Crippen LogP contribution in [0.15, 0.2) is 0 Å². The van der Waals surface area contributed by atoms with Crippen LogP contribution < -0.4 is 0 Å². The van der Waals surface area contributed by atoms with E-state index in [1.807, 2.05) is 0 Å². The lowest BCUT2D eigenvalue weighted by molar-refractivity contribution is -0.108. The largest absolute Gasteiger partial charge is 0.304 e. The molecule has 0 bridgehead atoms. The van der Waals surface area contributed by atoms with E-state index in [9.17, 15) is 0 Å². The lowest BCUT2D eigenvalue weighted by atomic mass is 9.72. The molecule has 4 aliphatic rings. The zero-order valence-corrected chi connectivity index (χ0v) is 23.1. The summed E-state index contributed by atoms with van der Waals surface area (Å²) in [6.07, 6.45) is 2.59. The third kappa shape index (κ3) is 3.68. The first-order valence-electron chi connectivity index (χ1n) is 12.9. The predicted octanol–water partition coefficient (Wildman–Crippen LogP) is 1.82. The molecule has 3 atom stereocenters. The van der Waals surface area contributed by atoms with E-state index in [-0.39, 0.29) is 11.1 Å². The van der Waals surface area contributed by atoms with Crippen molar-refractivity contribution in [3.05, 3.63) is 0 Å². The van der Waals surface area contributed by atoms with Crippen molar-refractivity contribution in [2.24, 2.45) is 5.92 Å². The Bertz CT molecular complexity index is 683. The topological polar surface area (TPSA) is 19.4 Å². The van der Waals surface area contributed by atoms with Crippen molar-refractivity contribution in [3.8, 4) is 0 Å². The first kappa shape index (κ1) is 24.9. The maximum absolute atomic E-state index is 2.80. The van der Waals surface area contributed by atoms with E-state index in [2.05, 4.69) is 106 Å². The highest BCUT2D eigenvalue weighted by molar-refractivity contribution is 5.21. The smallest absolute Gasteiger partial charge is 0.0620 e. The highest BCUT2D eigenvalue weighted by Crippen LogP contribution is 2.48. The van der Waals surface area contributed by atoms with Gasteiger partial charge in [0.15, 0.2) is 0 Å². The SMILES string of the molecule is CN(C)[C@H]1C(CC(C)(C)N2CC3(C2)[C@H](N(C)C)CCN3C)CN(C)C12CN(C(C)(C)C)C2. The van der Waals surface area contributed by atoms with Gasteiger partial charge in [0, 0.05) is 62.4 Å². The maximum atomic E-state index is 2.80. The van der Waals surface area contributed by atoms with Crippen molar-refractivity contribution in [2.75, 3.05) is 81.6 Å². The summed E-state index contributed by atoms with van der Waals surface area (Å²) < 4.78 is 0. The van der Waals surface area contributed by atoms with Crippen LogP contribution in [0.3, 0.4) is 0 Å². The minimum Gasteiger partial charge on any atom is -0.304 e. The van der Waals surface area contributed by atoms with Crippen LogP contribution in [0.2, 0.25) is 0 Å². The highest BCUT2D eigenvalue weighted by Gasteiger charge is 2.63. The average molecular weight is 449 g/mol. The van der Waals surface area contributed by atoms with Gasteiger partial charge in [-0.3, -0.25) is 19.6 Å². The minimum atomic E-state index is 0.240. The Hall–Kier alpha value is -0.240. The highest BCUT2D eigenvalue weighted by atomic mass is 15.4. The number of hydrogen-bond acceptors (Lipinski definition) is 6. The van der Waals surface area contributed by atoms with Crippen LogP contribution in [0.25, 0.3) is 0 Å². The van der Waals surface area contributed by atoms with Crippen molar-refractivity contribution >= 4 is 0 Å². The Labute approximate surface area is 198 Å². The van der Waals surface area contributed by atoms with Gasteiger partial charge in [-0.25, -0.2) is 0 Å². The second-order valence-corrected chi connectivity index (χ2v) is 13.8. The van der Waals surface area contributed by atoms with Gasteiger partial charge < -0.3 is 9.80 Å². The normalized spacial score (nSPS) is 34.2. The molecule has 4 saturated heterocycles. The summed E-state index contributed by atoms with van der Waals surface area (Å²) in [6.45, 7) is 19.4. The quantitative estimate of drug-likeness (QED) is 0.635. The standard InChI is InChI=1S/C26H52N6/c1-23(2,3)31-18-26(19-31)22(28(8)9)20(15-30(26)11)14-24(4,5)32-16-25(17-32)21(27(6)7)12-13-29(25)10/h20-22H,12-19H2,1-11H3/t20?,21-,22+/m1/s1. The first-order valence-corrected chi connectivity index (χ1v) is 12.9. The lowest BCUT2D eigenvalue weighted by Gasteiger charge is -2.62. The Morgan fingerprint density at radius 1 is 0.781 bits per heavy atom. The Morgan fingerprint density at radius 3 is 1.84 bits per heavy atom. The van der Waals surface area contributed by atoms with Crippen LogP contribution >= 0.6 is 0 Å². The van der Waals surface area contributed by atoms with Crippen LogP contribution in [-0.4, -0.2) is 145 Å². The Kier molecular flexibility index (Phi) is 6.13. The molecular formula is C26H52N6. The number of likely N-dealkylation sites (tertiary alicyclic amines) is 4. The van der Waals surface area contributed by atoms with Crippen LogP contribution in [0.1, 0.15) is 47.5 Å². The van der Waals surface area contributed by atoms with Gasteiger partial charge in [0.25, 0.3) is 0 Å². The summed E-state index contributed by atoms with van der Waals surface area (Å²) in [7, 11) is 13.9. The third-order valence-electron chi connectivity index (χ3n) is 9.99. The van der Waals surface area contributed by atoms with Gasteiger partial charge in [0.05, 0.1) is 11.1 Å². The molecule has 1 unspecified atom stereocenters. The molecule has 4 heterocycles. The van der Waals surface area contributed by atoms with Gasteiger partial charge in [-0.05, 0) is 95.7 Å². The Balaban J connectivity index is 1.45. The monoisotopic (exact) mass is 448 g/mol. The molecule has 2 spiro atoms. The van der Waals surface area contributed by atoms with E-state index >= 15 is 0 Å². The molecule has 0 radical (unpaired) electrons. The fourth-order valence-electron chi connectivity index (χ4n) is 7.96. The van der Waals surface area contributed by atoms with Crippen LogP contribution in [-0.2, 0) is 0 Å². The molecule has 32 heavy (non-hydrogen) atoms. The molecule has 0 amide bonds. The molecule has 0 aromatic rings. The van der Waals surface area contributed by atoms with Crippen LogP contribution in [0, 0.1) is 5.92 Å². The molecule has 4 fully saturated rings. The summed E-state index contributed by atoms with van der Waals surface area (Å²) in [5, 5.41) is 0. The molecule has 4 aliphatic heterocycles. The van der Waals surface area contributed by atoms with Crippen LogP contribution in [0.4, 0.5) is 0 Å². The minimum absolute atomic E-state index is 0.240. The van der Waals surface area contributed by atoms with Gasteiger partial charge in [0.1, 0.15) is 0 Å². The summed E-state index contributed by atoms with van der Waals surface area (Å²) in [4.78, 5) is 15.9. The molecule has 186 valence electrons. The second-order valence-electron chi connectivity index (χ2n) is 13.8. The van der Waals surface area contributed by atoms with Crippen molar-refractivity contribution < 1.29 is 0 Å². The van der Waals surface area contributed by atoms with E-state index in [4.69, 9.17) is 0 Å². The lowest BCUT2D eigenvalue weighted by Crippen LogP contribution is -2.77. The average Bonchev–Trinajstić information content (AvgIpc) is 3.04. The molecule has 0 aromatic carbocycles. The van der Waals surface area contributed by atoms with Crippen molar-refractivity contribution in [3.63, 3.8) is 0 Å². The van der Waals surface area contributed by atoms with E-state index in [0.717, 1.165) is 5.92 Å². The summed E-state index contributed by atoms with van der Waals surface area (Å²) in [5.74, 6) is 0.717. The van der Waals surface area contributed by atoms with E-state index in [0.29, 0.717) is 23.2 Å². The fraction of sp³-hybridized carbons (Fsp3) is 1.00. The molecule has 0 saturated carbocycles. The van der Waals surface area contributed by atoms with E-state index < -0.39 is 0 Å². The van der Waals surface area contributed by atoms with Gasteiger partial charge in [0.2, 0.25) is 0 Å². The fourth-order valence-corrected chi connectivity index (χ4v) is 7.96. The number of nitrogens with zero attached hydrogens (tertiary/aromatic N) is 6. The Morgan fingerprint density at radius 2 is 1.34 bits per heavy atom. The first-order chi connectivity index (χ1) is 14.6. The number of likely N-dealkylation sites (N-methyl/N-ethyl adjacent to an activating group) is 4. The molecule has 0 aliphatic carbocycles. The van der Waals surface area contributed by atoms with Crippen molar-refractivity contribution in [1.29, 1.82) is 0 Å². The zero-order chi connectivity index (χ0) is 23.9. The molecule has 6 nitrogen and oxygen atoms in total. The number of hydrogen-bond donors (Lipinski definition) is 0. The summed E-state index contributed by atoms with van der Waals surface area (Å²) in [5.41, 5.74) is 1.18. The molecule has 4 rings (SSSR count). The molecule has 6 heteroatoms. The van der Waals surface area contributed by atoms with Gasteiger partial charge >= 0.3 is 0 Å². The van der Waals surface area contributed by atoms with Gasteiger partial charge in [-0.15, -0.1) is 0 Å². The second kappa shape index (κ2) is 7.89. The molecular weight excluding hydrogens is 396 g/mol. The zero-order valence-electron chi connectivity index (χ0n) is 23.1.